The van der Waals surface area contributed by atoms with E-state index in [1.165, 1.54) is 16.0 Å². The van der Waals surface area contributed by atoms with Crippen LogP contribution in [0.4, 0.5) is 5.69 Å². The van der Waals surface area contributed by atoms with E-state index in [1.807, 2.05) is 12.1 Å². The van der Waals surface area contributed by atoms with E-state index < -0.39 is 24.0 Å². The van der Waals surface area contributed by atoms with Gasteiger partial charge in [-0.3, -0.25) is 9.59 Å². The lowest BCUT2D eigenvalue weighted by Gasteiger charge is -2.09. The number of carbonyl (C=O) groups is 2. The third kappa shape index (κ3) is 5.30. The number of anilines is 1. The number of rotatable bonds is 6. The molecule has 3 aromatic carbocycles. The number of aromatic amines is 1. The first kappa shape index (κ1) is 22.3. The highest BCUT2D eigenvalue weighted by Crippen LogP contribution is 2.31. The first-order valence-electron chi connectivity index (χ1n) is 10.2. The van der Waals surface area contributed by atoms with Crippen LogP contribution in [-0.2, 0) is 9.53 Å². The van der Waals surface area contributed by atoms with E-state index in [-0.39, 0.29) is 5.69 Å². The van der Waals surface area contributed by atoms with Crippen LogP contribution in [0.2, 0.25) is 0 Å². The maximum Gasteiger partial charge on any atom is 0.359 e. The lowest BCUT2D eigenvalue weighted by atomic mass is 10.1. The van der Waals surface area contributed by atoms with Crippen LogP contribution in [0, 0.1) is 13.8 Å². The second-order valence-corrected chi connectivity index (χ2v) is 8.58. The summed E-state index contributed by atoms with van der Waals surface area (Å²) in [7, 11) is 0. The zero-order valence-electron chi connectivity index (χ0n) is 18.0. The summed E-state index contributed by atoms with van der Waals surface area (Å²) in [6.45, 7) is 3.67. The number of esters is 1. The van der Waals surface area contributed by atoms with Crippen molar-refractivity contribution in [2.45, 2.75) is 23.6 Å². The first-order valence-corrected chi connectivity index (χ1v) is 11.0. The number of aromatic nitrogens is 2. The van der Waals surface area contributed by atoms with Crippen LogP contribution < -0.4 is 10.9 Å². The van der Waals surface area contributed by atoms with Crippen molar-refractivity contribution in [3.05, 3.63) is 93.9 Å². The van der Waals surface area contributed by atoms with Crippen molar-refractivity contribution in [2.75, 3.05) is 11.9 Å². The number of nitrogens with one attached hydrogen (secondary N) is 2. The summed E-state index contributed by atoms with van der Waals surface area (Å²) >= 11 is 1.65. The van der Waals surface area contributed by atoms with Crippen molar-refractivity contribution in [3.8, 4) is 0 Å². The summed E-state index contributed by atoms with van der Waals surface area (Å²) in [6, 6.07) is 20.3. The summed E-state index contributed by atoms with van der Waals surface area (Å²) in [5.41, 5.74) is 2.57. The van der Waals surface area contributed by atoms with Crippen molar-refractivity contribution in [3.63, 3.8) is 0 Å². The van der Waals surface area contributed by atoms with Gasteiger partial charge in [0.2, 0.25) is 0 Å². The number of amides is 1. The molecule has 0 atom stereocenters. The molecule has 0 aliphatic rings. The number of benzene rings is 3. The van der Waals surface area contributed by atoms with Gasteiger partial charge in [-0.05, 0) is 55.8 Å². The Kier molecular flexibility index (Phi) is 6.55. The number of hydrogen-bond acceptors (Lipinski definition) is 6. The topological polar surface area (TPSA) is 101 Å². The number of nitrogens with zero attached hydrogens (tertiary/aromatic N) is 1. The minimum absolute atomic E-state index is 0.0502. The van der Waals surface area contributed by atoms with E-state index in [0.29, 0.717) is 16.5 Å². The molecule has 1 aromatic heterocycles. The molecule has 0 unspecified atom stereocenters. The monoisotopic (exact) mass is 459 g/mol. The lowest BCUT2D eigenvalue weighted by Crippen LogP contribution is -2.22. The Bertz CT molecular complexity index is 1400. The van der Waals surface area contributed by atoms with E-state index in [2.05, 4.69) is 47.6 Å². The van der Waals surface area contributed by atoms with Gasteiger partial charge < -0.3 is 10.1 Å². The fourth-order valence-corrected chi connectivity index (χ4v) is 4.20. The predicted molar refractivity (Wildman–Crippen MR) is 128 cm³/mol. The summed E-state index contributed by atoms with van der Waals surface area (Å²) in [5.74, 6) is -1.27. The molecule has 0 saturated carbocycles. The second kappa shape index (κ2) is 9.70. The zero-order valence-corrected chi connectivity index (χ0v) is 18.9. The van der Waals surface area contributed by atoms with Gasteiger partial charge in [0.1, 0.15) is 0 Å². The van der Waals surface area contributed by atoms with Crippen molar-refractivity contribution in [1.82, 2.24) is 10.2 Å². The van der Waals surface area contributed by atoms with Gasteiger partial charge in [0.05, 0.1) is 5.39 Å². The van der Waals surface area contributed by atoms with Crippen LogP contribution in [0.3, 0.4) is 0 Å². The van der Waals surface area contributed by atoms with Crippen LogP contribution >= 0.6 is 11.8 Å². The molecule has 0 radical (unpaired) electrons. The Morgan fingerprint density at radius 1 is 1.00 bits per heavy atom. The Balaban J connectivity index is 1.35. The molecule has 0 spiro atoms. The molecule has 33 heavy (non-hydrogen) atoms. The van der Waals surface area contributed by atoms with Crippen LogP contribution in [0.15, 0.2) is 81.3 Å². The fraction of sp³-hybridized carbons (Fsp3) is 0.120. The Morgan fingerprint density at radius 2 is 1.73 bits per heavy atom. The normalized spacial score (nSPS) is 10.7. The van der Waals surface area contributed by atoms with Crippen molar-refractivity contribution in [2.24, 2.45) is 0 Å². The minimum atomic E-state index is -0.794. The molecule has 166 valence electrons. The van der Waals surface area contributed by atoms with Crippen LogP contribution in [0.25, 0.3) is 10.8 Å². The summed E-state index contributed by atoms with van der Waals surface area (Å²) in [5, 5.41) is 9.44. The highest BCUT2D eigenvalue weighted by molar-refractivity contribution is 7.99. The number of carbonyl (C=O) groups excluding carboxylic acids is 2. The molecule has 1 heterocycles. The van der Waals surface area contributed by atoms with Gasteiger partial charge in [-0.25, -0.2) is 9.89 Å². The van der Waals surface area contributed by atoms with Gasteiger partial charge in [-0.1, -0.05) is 47.7 Å². The molecule has 0 fully saturated rings. The van der Waals surface area contributed by atoms with Crippen molar-refractivity contribution >= 4 is 40.1 Å². The average Bonchev–Trinajstić information content (AvgIpc) is 2.81. The molecule has 4 rings (SSSR count). The molecule has 0 bridgehead atoms. The summed E-state index contributed by atoms with van der Waals surface area (Å²) in [6.07, 6.45) is 0. The zero-order chi connectivity index (χ0) is 23.4. The van der Waals surface area contributed by atoms with E-state index in [4.69, 9.17) is 4.74 Å². The molecular weight excluding hydrogens is 438 g/mol. The van der Waals surface area contributed by atoms with E-state index in [1.54, 1.807) is 48.2 Å². The number of H-pyrrole nitrogens is 1. The van der Waals surface area contributed by atoms with Crippen LogP contribution in [0.5, 0.6) is 0 Å². The summed E-state index contributed by atoms with van der Waals surface area (Å²) in [4.78, 5) is 38.7. The first-order chi connectivity index (χ1) is 15.9. The molecule has 1 amide bonds. The Hall–Kier alpha value is -3.91. The van der Waals surface area contributed by atoms with E-state index >= 15 is 0 Å². The highest BCUT2D eigenvalue weighted by Gasteiger charge is 2.17. The lowest BCUT2D eigenvalue weighted by molar-refractivity contribution is -0.119. The maximum absolute atomic E-state index is 12.4. The van der Waals surface area contributed by atoms with E-state index in [0.717, 1.165) is 4.90 Å². The van der Waals surface area contributed by atoms with Gasteiger partial charge >= 0.3 is 5.97 Å². The third-order valence-corrected chi connectivity index (χ3v) is 6.11. The summed E-state index contributed by atoms with van der Waals surface area (Å²) < 4.78 is 5.10. The fourth-order valence-electron chi connectivity index (χ4n) is 3.31. The van der Waals surface area contributed by atoms with Gasteiger partial charge in [-0.15, -0.1) is 0 Å². The minimum Gasteiger partial charge on any atom is -0.451 e. The number of ether oxygens (including phenoxy) is 1. The largest absolute Gasteiger partial charge is 0.451 e. The predicted octanol–water partition coefficient (Wildman–Crippen LogP) is 4.49. The van der Waals surface area contributed by atoms with Crippen LogP contribution in [-0.4, -0.2) is 28.7 Å². The van der Waals surface area contributed by atoms with Gasteiger partial charge in [0.25, 0.3) is 11.5 Å². The SMILES string of the molecule is Cc1ccc(Sc2ccc(NC(=O)COC(=O)c3n[nH]c(=O)c4ccccc34)cc2)c(C)c1. The Labute approximate surface area is 194 Å². The molecule has 2 N–H and O–H groups in total. The van der Waals surface area contributed by atoms with Crippen LogP contribution in [0.1, 0.15) is 21.6 Å². The highest BCUT2D eigenvalue weighted by atomic mass is 32.2. The van der Waals surface area contributed by atoms with Crippen molar-refractivity contribution in [1.29, 1.82) is 0 Å². The number of hydrogen-bond donors (Lipinski definition) is 2. The maximum atomic E-state index is 12.4. The average molecular weight is 460 g/mol. The van der Waals surface area contributed by atoms with Gasteiger partial charge in [-0.2, -0.15) is 5.10 Å². The second-order valence-electron chi connectivity index (χ2n) is 7.47. The van der Waals surface area contributed by atoms with Gasteiger partial charge in [0.15, 0.2) is 12.3 Å². The molecular formula is C25H21N3O4S. The molecule has 7 nitrogen and oxygen atoms in total. The molecule has 8 heteroatoms. The van der Waals surface area contributed by atoms with E-state index in [9.17, 15) is 14.4 Å². The van der Waals surface area contributed by atoms with Gasteiger partial charge in [0, 0.05) is 20.9 Å². The molecule has 0 saturated heterocycles. The molecule has 0 aliphatic carbocycles. The number of aryl methyl sites for hydroxylation is 2. The molecule has 0 aliphatic heterocycles. The van der Waals surface area contributed by atoms with Crippen molar-refractivity contribution < 1.29 is 14.3 Å². The Morgan fingerprint density at radius 3 is 2.45 bits per heavy atom. The third-order valence-electron chi connectivity index (χ3n) is 4.92. The standard InChI is InChI=1S/C25H21N3O4S/c1-15-7-12-21(16(2)13-15)33-18-10-8-17(9-11-18)26-22(29)14-32-25(31)23-19-5-3-4-6-20(19)24(30)28-27-23/h3-13H,14H2,1-2H3,(H,26,29)(H,28,30). The number of fused-ring (bicyclic) bond motifs is 1. The smallest absolute Gasteiger partial charge is 0.359 e. The quantitative estimate of drug-likeness (QED) is 0.412. The molecule has 4 aromatic rings.